The average molecular weight is 372 g/mol. The van der Waals surface area contributed by atoms with E-state index in [9.17, 15) is 4.79 Å². The van der Waals surface area contributed by atoms with Gasteiger partial charge < -0.3 is 19.9 Å². The number of nitrogens with zero attached hydrogens (tertiary/aromatic N) is 2. The molecule has 4 rings (SSSR count). The second-order valence-corrected chi connectivity index (χ2v) is 7.90. The first-order valence-electron chi connectivity index (χ1n) is 9.24. The number of amides is 1. The fourth-order valence-electron chi connectivity index (χ4n) is 3.64. The number of anilines is 2. The topological polar surface area (TPSA) is 44.8 Å². The maximum Gasteiger partial charge on any atom is 0.245 e. The molecule has 0 unspecified atom stereocenters. The van der Waals surface area contributed by atoms with Gasteiger partial charge in [0.2, 0.25) is 5.91 Å². The molecule has 1 amide bonds. The van der Waals surface area contributed by atoms with Gasteiger partial charge in [0.15, 0.2) is 0 Å². The number of thiophene rings is 1. The molecule has 1 aromatic carbocycles. The highest BCUT2D eigenvalue weighted by molar-refractivity contribution is 7.10. The van der Waals surface area contributed by atoms with E-state index in [0.29, 0.717) is 0 Å². The lowest BCUT2D eigenvalue weighted by Gasteiger charge is -2.31. The fourth-order valence-corrected chi connectivity index (χ4v) is 4.53. The Kier molecular flexibility index (Phi) is 5.13. The molecule has 1 saturated heterocycles. The van der Waals surface area contributed by atoms with Crippen LogP contribution in [0.25, 0.3) is 0 Å². The van der Waals surface area contributed by atoms with E-state index < -0.39 is 0 Å². The van der Waals surface area contributed by atoms with Crippen LogP contribution in [0.4, 0.5) is 11.4 Å². The van der Waals surface area contributed by atoms with Crippen LogP contribution in [-0.2, 0) is 22.5 Å². The Morgan fingerprint density at radius 3 is 2.92 bits per heavy atom. The van der Waals surface area contributed by atoms with Crippen LogP contribution in [-0.4, -0.2) is 49.7 Å². The second kappa shape index (κ2) is 7.68. The van der Waals surface area contributed by atoms with Crippen LogP contribution in [0.5, 0.6) is 0 Å². The Morgan fingerprint density at radius 2 is 2.08 bits per heavy atom. The summed E-state index contributed by atoms with van der Waals surface area (Å²) >= 11 is 1.80. The van der Waals surface area contributed by atoms with Gasteiger partial charge >= 0.3 is 0 Å². The van der Waals surface area contributed by atoms with Gasteiger partial charge in [0.1, 0.15) is 6.04 Å². The highest BCUT2D eigenvalue weighted by Gasteiger charge is 2.25. The maximum atomic E-state index is 12.9. The minimum Gasteiger partial charge on any atom is -0.378 e. The smallest absolute Gasteiger partial charge is 0.245 e. The number of ether oxygens (including phenoxy) is 1. The monoisotopic (exact) mass is 371 g/mol. The fraction of sp³-hybridized carbons (Fsp3) is 0.450. The molecule has 0 bridgehead atoms. The second-order valence-electron chi connectivity index (χ2n) is 6.89. The molecule has 26 heavy (non-hydrogen) atoms. The first-order chi connectivity index (χ1) is 12.7. The molecule has 1 aromatic heterocycles. The summed E-state index contributed by atoms with van der Waals surface area (Å²) in [5.41, 5.74) is 3.47. The molecule has 2 aliphatic rings. The number of hydrogen-bond donors (Lipinski definition) is 1. The minimum atomic E-state index is -0.241. The van der Waals surface area contributed by atoms with Gasteiger partial charge in [-0.05, 0) is 48.6 Å². The summed E-state index contributed by atoms with van der Waals surface area (Å²) in [6, 6.07) is 10.2. The van der Waals surface area contributed by atoms with Crippen molar-refractivity contribution in [3.8, 4) is 0 Å². The highest BCUT2D eigenvalue weighted by Crippen LogP contribution is 2.25. The zero-order valence-electron chi connectivity index (χ0n) is 15.1. The zero-order valence-corrected chi connectivity index (χ0v) is 15.9. The van der Waals surface area contributed by atoms with Crippen LogP contribution in [0, 0.1) is 0 Å². The van der Waals surface area contributed by atoms with Crippen LogP contribution < -0.4 is 10.2 Å². The SMILES string of the molecule is C[C@@H](Nc1cccc(N2CCOCC2)c1)C(=O)N1CCc2sccc2C1. The standard InChI is InChI=1S/C20H25N3O2S/c1-15(20(24)23-7-5-19-16(14-23)6-12-26-19)21-17-3-2-4-18(13-17)22-8-10-25-11-9-22/h2-4,6,12-13,15,21H,5,7-11,14H2,1H3/t15-/m1/s1. The van der Waals surface area contributed by atoms with Crippen molar-refractivity contribution < 1.29 is 9.53 Å². The van der Waals surface area contributed by atoms with Crippen molar-refractivity contribution in [2.45, 2.75) is 25.9 Å². The van der Waals surface area contributed by atoms with Crippen LogP contribution in [0.1, 0.15) is 17.4 Å². The lowest BCUT2D eigenvalue weighted by atomic mass is 10.1. The predicted octanol–water partition coefficient (Wildman–Crippen LogP) is 2.97. The first-order valence-corrected chi connectivity index (χ1v) is 10.1. The molecule has 5 nitrogen and oxygen atoms in total. The van der Waals surface area contributed by atoms with E-state index in [0.717, 1.165) is 51.5 Å². The molecule has 2 aromatic rings. The average Bonchev–Trinajstić information content (AvgIpc) is 3.16. The molecule has 2 aliphatic heterocycles. The number of nitrogens with one attached hydrogen (secondary N) is 1. The van der Waals surface area contributed by atoms with Gasteiger partial charge in [-0.2, -0.15) is 0 Å². The van der Waals surface area contributed by atoms with Crippen LogP contribution in [0.3, 0.4) is 0 Å². The maximum absolute atomic E-state index is 12.9. The van der Waals surface area contributed by atoms with Crippen LogP contribution in [0.15, 0.2) is 35.7 Å². The summed E-state index contributed by atoms with van der Waals surface area (Å²) < 4.78 is 5.43. The summed E-state index contributed by atoms with van der Waals surface area (Å²) in [4.78, 5) is 18.6. The number of carbonyl (C=O) groups excluding carboxylic acids is 1. The van der Waals surface area contributed by atoms with Crippen LogP contribution in [0.2, 0.25) is 0 Å². The molecular weight excluding hydrogens is 346 g/mol. The van der Waals surface area contributed by atoms with E-state index in [-0.39, 0.29) is 11.9 Å². The molecule has 0 radical (unpaired) electrons. The summed E-state index contributed by atoms with van der Waals surface area (Å²) in [6.45, 7) is 6.86. The number of benzene rings is 1. The lowest BCUT2D eigenvalue weighted by Crippen LogP contribution is -2.43. The van der Waals surface area contributed by atoms with Gasteiger partial charge in [-0.25, -0.2) is 0 Å². The molecule has 1 fully saturated rings. The van der Waals surface area contributed by atoms with Crippen LogP contribution >= 0.6 is 11.3 Å². The number of hydrogen-bond acceptors (Lipinski definition) is 5. The normalized spacial score (nSPS) is 18.3. The summed E-state index contributed by atoms with van der Waals surface area (Å²) in [7, 11) is 0. The van der Waals surface area contributed by atoms with E-state index in [1.807, 2.05) is 24.0 Å². The summed E-state index contributed by atoms with van der Waals surface area (Å²) in [5.74, 6) is 0.165. The summed E-state index contributed by atoms with van der Waals surface area (Å²) in [6.07, 6.45) is 0.970. The molecular formula is C20H25N3O2S. The molecule has 138 valence electrons. The third-order valence-electron chi connectivity index (χ3n) is 5.10. The molecule has 0 spiro atoms. The van der Waals surface area contributed by atoms with Crippen molar-refractivity contribution in [3.05, 3.63) is 46.2 Å². The Balaban J connectivity index is 1.40. The molecule has 1 atom stereocenters. The first kappa shape index (κ1) is 17.4. The van der Waals surface area contributed by atoms with E-state index in [1.165, 1.54) is 16.1 Å². The van der Waals surface area contributed by atoms with E-state index in [2.05, 4.69) is 33.8 Å². The molecule has 0 saturated carbocycles. The lowest BCUT2D eigenvalue weighted by molar-refractivity contribution is -0.132. The van der Waals surface area contributed by atoms with Gasteiger partial charge in [-0.15, -0.1) is 11.3 Å². The van der Waals surface area contributed by atoms with Crippen molar-refractivity contribution in [1.29, 1.82) is 0 Å². The van der Waals surface area contributed by atoms with Crippen molar-refractivity contribution in [1.82, 2.24) is 4.90 Å². The van der Waals surface area contributed by atoms with Crippen molar-refractivity contribution >= 4 is 28.6 Å². The number of carbonyl (C=O) groups is 1. The number of morpholine rings is 1. The number of rotatable bonds is 4. The third-order valence-corrected chi connectivity index (χ3v) is 6.12. The highest BCUT2D eigenvalue weighted by atomic mass is 32.1. The van der Waals surface area contributed by atoms with Crippen molar-refractivity contribution in [2.24, 2.45) is 0 Å². The Hall–Kier alpha value is -2.05. The zero-order chi connectivity index (χ0) is 17.9. The third kappa shape index (κ3) is 3.71. The van der Waals surface area contributed by atoms with Gasteiger partial charge in [0.25, 0.3) is 0 Å². The van der Waals surface area contributed by atoms with Gasteiger partial charge in [0.05, 0.1) is 13.2 Å². The van der Waals surface area contributed by atoms with Crippen molar-refractivity contribution in [3.63, 3.8) is 0 Å². The Bertz CT molecular complexity index is 770. The van der Waals surface area contributed by atoms with Gasteiger partial charge in [0, 0.05) is 42.4 Å². The van der Waals surface area contributed by atoms with E-state index in [1.54, 1.807) is 11.3 Å². The Morgan fingerprint density at radius 1 is 1.23 bits per heavy atom. The Labute approximate surface area is 158 Å². The van der Waals surface area contributed by atoms with Gasteiger partial charge in [-0.1, -0.05) is 6.07 Å². The molecule has 1 N–H and O–H groups in total. The molecule has 6 heteroatoms. The minimum absolute atomic E-state index is 0.165. The molecule has 0 aliphatic carbocycles. The van der Waals surface area contributed by atoms with E-state index >= 15 is 0 Å². The largest absolute Gasteiger partial charge is 0.378 e. The predicted molar refractivity (Wildman–Crippen MR) is 106 cm³/mol. The number of fused-ring (bicyclic) bond motifs is 1. The molecule has 3 heterocycles. The van der Waals surface area contributed by atoms with Gasteiger partial charge in [-0.3, -0.25) is 4.79 Å². The quantitative estimate of drug-likeness (QED) is 0.897. The van der Waals surface area contributed by atoms with E-state index in [4.69, 9.17) is 4.74 Å². The summed E-state index contributed by atoms with van der Waals surface area (Å²) in [5, 5.41) is 5.51. The van der Waals surface area contributed by atoms with Crippen molar-refractivity contribution in [2.75, 3.05) is 43.1 Å².